The van der Waals surface area contributed by atoms with Crippen LogP contribution < -0.4 is 0 Å². The number of fused-ring (bicyclic) bond motifs is 1. The number of sulfonamides is 1. The second-order valence-corrected chi connectivity index (χ2v) is 7.90. The summed E-state index contributed by atoms with van der Waals surface area (Å²) in [6.07, 6.45) is 1.33. The summed E-state index contributed by atoms with van der Waals surface area (Å²) in [6.45, 7) is 2.69. The number of esters is 1. The van der Waals surface area contributed by atoms with Gasteiger partial charge in [-0.3, -0.25) is 4.79 Å². The van der Waals surface area contributed by atoms with Crippen LogP contribution >= 0.6 is 0 Å². The van der Waals surface area contributed by atoms with Gasteiger partial charge in [-0.15, -0.1) is 0 Å². The summed E-state index contributed by atoms with van der Waals surface area (Å²) in [6, 6.07) is 12.8. The number of carbonyl (C=O) groups is 1. The van der Waals surface area contributed by atoms with Crippen LogP contribution in [-0.4, -0.2) is 38.4 Å². The van der Waals surface area contributed by atoms with Gasteiger partial charge in [0.1, 0.15) is 0 Å². The highest BCUT2D eigenvalue weighted by molar-refractivity contribution is 7.89. The van der Waals surface area contributed by atoms with E-state index in [1.54, 1.807) is 19.1 Å². The number of hydrogen-bond acceptors (Lipinski definition) is 4. The van der Waals surface area contributed by atoms with E-state index >= 15 is 0 Å². The predicted molar refractivity (Wildman–Crippen MR) is 92.1 cm³/mol. The topological polar surface area (TPSA) is 63.7 Å². The van der Waals surface area contributed by atoms with Crippen molar-refractivity contribution in [2.24, 2.45) is 5.92 Å². The molecule has 24 heavy (non-hydrogen) atoms. The number of benzene rings is 2. The fourth-order valence-electron chi connectivity index (χ4n) is 3.09. The van der Waals surface area contributed by atoms with Gasteiger partial charge in [0.15, 0.2) is 0 Å². The second kappa shape index (κ2) is 6.91. The minimum atomic E-state index is -3.61. The molecule has 1 atom stereocenters. The molecule has 2 aromatic rings. The van der Waals surface area contributed by atoms with Gasteiger partial charge in [0, 0.05) is 13.1 Å². The minimum Gasteiger partial charge on any atom is -0.466 e. The lowest BCUT2D eigenvalue weighted by Crippen LogP contribution is -2.42. The Balaban J connectivity index is 1.87. The zero-order valence-electron chi connectivity index (χ0n) is 13.6. The maximum absolute atomic E-state index is 12.9. The summed E-state index contributed by atoms with van der Waals surface area (Å²) in [5, 5.41) is 1.89. The molecule has 1 saturated heterocycles. The molecule has 0 unspecified atom stereocenters. The fourth-order valence-corrected chi connectivity index (χ4v) is 4.65. The van der Waals surface area contributed by atoms with Gasteiger partial charge in [0.2, 0.25) is 10.0 Å². The molecule has 3 rings (SSSR count). The van der Waals surface area contributed by atoms with Crippen LogP contribution in [0.2, 0.25) is 0 Å². The summed E-state index contributed by atoms with van der Waals surface area (Å²) >= 11 is 0. The molecule has 128 valence electrons. The Morgan fingerprint density at radius 2 is 1.96 bits per heavy atom. The van der Waals surface area contributed by atoms with E-state index in [-0.39, 0.29) is 23.3 Å². The van der Waals surface area contributed by atoms with E-state index in [0.29, 0.717) is 26.0 Å². The molecule has 1 heterocycles. The number of nitrogens with zero attached hydrogens (tertiary/aromatic N) is 1. The monoisotopic (exact) mass is 347 g/mol. The molecular formula is C18H21NO4S. The van der Waals surface area contributed by atoms with Crippen molar-refractivity contribution in [1.82, 2.24) is 4.31 Å². The van der Waals surface area contributed by atoms with Crippen LogP contribution in [0.5, 0.6) is 0 Å². The first-order chi connectivity index (χ1) is 11.5. The molecular weight excluding hydrogens is 326 g/mol. The maximum Gasteiger partial charge on any atom is 0.310 e. The first kappa shape index (κ1) is 16.9. The van der Waals surface area contributed by atoms with Crippen molar-refractivity contribution in [2.75, 3.05) is 19.7 Å². The third-order valence-electron chi connectivity index (χ3n) is 4.36. The van der Waals surface area contributed by atoms with Crippen LogP contribution in [0, 0.1) is 5.92 Å². The molecule has 0 aromatic heterocycles. The molecule has 0 aliphatic carbocycles. The lowest BCUT2D eigenvalue weighted by molar-refractivity contribution is -0.149. The molecule has 6 heteroatoms. The Kier molecular flexibility index (Phi) is 4.87. The number of piperidine rings is 1. The number of ether oxygens (including phenoxy) is 1. The van der Waals surface area contributed by atoms with E-state index in [9.17, 15) is 13.2 Å². The van der Waals surface area contributed by atoms with E-state index in [4.69, 9.17) is 4.74 Å². The highest BCUT2D eigenvalue weighted by Gasteiger charge is 2.34. The van der Waals surface area contributed by atoms with E-state index in [1.807, 2.05) is 30.3 Å². The average Bonchev–Trinajstić information content (AvgIpc) is 2.61. The number of hydrogen-bond donors (Lipinski definition) is 0. The second-order valence-electron chi connectivity index (χ2n) is 5.96. The van der Waals surface area contributed by atoms with Gasteiger partial charge in [0.05, 0.1) is 17.4 Å². The largest absolute Gasteiger partial charge is 0.466 e. The molecule has 1 fully saturated rings. The van der Waals surface area contributed by atoms with Crippen LogP contribution in [0.4, 0.5) is 0 Å². The summed E-state index contributed by atoms with van der Waals surface area (Å²) in [5.74, 6) is -0.690. The van der Waals surface area contributed by atoms with Gasteiger partial charge in [-0.25, -0.2) is 8.42 Å². The Morgan fingerprint density at radius 1 is 1.21 bits per heavy atom. The van der Waals surface area contributed by atoms with Crippen LogP contribution in [0.3, 0.4) is 0 Å². The lowest BCUT2D eigenvalue weighted by atomic mass is 10.0. The average molecular weight is 347 g/mol. The standard InChI is InChI=1S/C18H21NO4S/c1-2-23-18(20)16-8-5-11-19(13-16)24(21,22)17-10-9-14-6-3-4-7-15(14)12-17/h3-4,6-7,9-10,12,16H,2,5,8,11,13H2,1H3/t16-/m0/s1. The van der Waals surface area contributed by atoms with Gasteiger partial charge in [0.25, 0.3) is 0 Å². The zero-order valence-corrected chi connectivity index (χ0v) is 14.5. The van der Waals surface area contributed by atoms with Gasteiger partial charge in [-0.1, -0.05) is 30.3 Å². The molecule has 2 aromatic carbocycles. The molecule has 0 spiro atoms. The van der Waals surface area contributed by atoms with Crippen molar-refractivity contribution < 1.29 is 17.9 Å². The highest BCUT2D eigenvalue weighted by Crippen LogP contribution is 2.26. The lowest BCUT2D eigenvalue weighted by Gasteiger charge is -2.30. The van der Waals surface area contributed by atoms with E-state index in [0.717, 1.165) is 10.8 Å². The van der Waals surface area contributed by atoms with Gasteiger partial charge in [-0.2, -0.15) is 4.31 Å². The van der Waals surface area contributed by atoms with Crippen molar-refractivity contribution in [3.05, 3.63) is 42.5 Å². The van der Waals surface area contributed by atoms with Gasteiger partial charge < -0.3 is 4.74 Å². The van der Waals surface area contributed by atoms with Crippen molar-refractivity contribution in [3.8, 4) is 0 Å². The summed E-state index contributed by atoms with van der Waals surface area (Å²) in [5.41, 5.74) is 0. The zero-order chi connectivity index (χ0) is 17.2. The highest BCUT2D eigenvalue weighted by atomic mass is 32.2. The minimum absolute atomic E-state index is 0.188. The fraction of sp³-hybridized carbons (Fsp3) is 0.389. The molecule has 5 nitrogen and oxygen atoms in total. The maximum atomic E-state index is 12.9. The summed E-state index contributed by atoms with van der Waals surface area (Å²) in [7, 11) is -3.61. The molecule has 0 amide bonds. The molecule has 0 radical (unpaired) electrons. The van der Waals surface area contributed by atoms with Gasteiger partial charge in [-0.05, 0) is 42.7 Å². The first-order valence-corrected chi connectivity index (χ1v) is 9.62. The normalized spacial score (nSPS) is 19.3. The van der Waals surface area contributed by atoms with E-state index < -0.39 is 10.0 Å². The third-order valence-corrected chi connectivity index (χ3v) is 6.22. The SMILES string of the molecule is CCOC(=O)[C@H]1CCCN(S(=O)(=O)c2ccc3ccccc3c2)C1. The van der Waals surface area contributed by atoms with Crippen molar-refractivity contribution in [3.63, 3.8) is 0 Å². The van der Waals surface area contributed by atoms with Crippen LogP contribution in [0.25, 0.3) is 10.8 Å². The van der Waals surface area contributed by atoms with Crippen molar-refractivity contribution in [1.29, 1.82) is 0 Å². The van der Waals surface area contributed by atoms with Crippen LogP contribution in [0.15, 0.2) is 47.4 Å². The number of carbonyl (C=O) groups excluding carboxylic acids is 1. The Morgan fingerprint density at radius 3 is 2.71 bits per heavy atom. The Labute approximate surface area is 142 Å². The summed E-state index contributed by atoms with van der Waals surface area (Å²) < 4.78 is 32.3. The predicted octanol–water partition coefficient (Wildman–Crippen LogP) is 2.80. The van der Waals surface area contributed by atoms with Crippen molar-refractivity contribution in [2.45, 2.75) is 24.7 Å². The van der Waals surface area contributed by atoms with Crippen molar-refractivity contribution >= 4 is 26.8 Å². The van der Waals surface area contributed by atoms with E-state index in [1.165, 1.54) is 4.31 Å². The van der Waals surface area contributed by atoms with Crippen LogP contribution in [0.1, 0.15) is 19.8 Å². The van der Waals surface area contributed by atoms with Gasteiger partial charge >= 0.3 is 5.97 Å². The molecule has 1 aliphatic heterocycles. The molecule has 0 N–H and O–H groups in total. The molecule has 0 bridgehead atoms. The Bertz CT molecular complexity index is 847. The first-order valence-electron chi connectivity index (χ1n) is 8.18. The quantitative estimate of drug-likeness (QED) is 0.798. The molecule has 0 saturated carbocycles. The smallest absolute Gasteiger partial charge is 0.310 e. The number of rotatable bonds is 4. The van der Waals surface area contributed by atoms with E-state index in [2.05, 4.69) is 0 Å². The molecule has 1 aliphatic rings. The third kappa shape index (κ3) is 3.30. The van der Waals surface area contributed by atoms with Crippen LogP contribution in [-0.2, 0) is 19.6 Å². The summed E-state index contributed by atoms with van der Waals surface area (Å²) in [4.78, 5) is 12.2. The Hall–Kier alpha value is -1.92.